The van der Waals surface area contributed by atoms with Crippen LogP contribution in [0, 0.1) is 11.3 Å². The molecule has 106 valence electrons. The third-order valence-electron chi connectivity index (χ3n) is 4.26. The first-order valence-electron chi connectivity index (χ1n) is 7.09. The van der Waals surface area contributed by atoms with Gasteiger partial charge in [-0.25, -0.2) is 0 Å². The van der Waals surface area contributed by atoms with Crippen molar-refractivity contribution in [1.29, 1.82) is 0 Å². The molecule has 0 radical (unpaired) electrons. The van der Waals surface area contributed by atoms with Crippen molar-refractivity contribution in [2.24, 2.45) is 22.8 Å². The molecule has 0 aromatic heterocycles. The molecule has 1 aliphatic rings. The Bertz CT molecular complexity index is 278. The van der Waals surface area contributed by atoms with Crippen LogP contribution in [0.5, 0.6) is 0 Å². The van der Waals surface area contributed by atoms with Crippen LogP contribution in [-0.4, -0.2) is 36.5 Å². The average molecular weight is 255 g/mol. The minimum atomic E-state index is -0.144. The van der Waals surface area contributed by atoms with E-state index in [1.807, 2.05) is 0 Å². The number of nitrogens with zero attached hydrogens (tertiary/aromatic N) is 1. The smallest absolute Gasteiger partial charge is 0.221 e. The lowest BCUT2D eigenvalue weighted by Gasteiger charge is -2.37. The zero-order chi connectivity index (χ0) is 13.8. The van der Waals surface area contributed by atoms with Crippen molar-refractivity contribution in [3.63, 3.8) is 0 Å². The summed E-state index contributed by atoms with van der Waals surface area (Å²) in [6.45, 7) is 9.27. The SMILES string of the molecule is CC1CCC(C(N)=O)CN1CCCC(C)(C)CN. The van der Waals surface area contributed by atoms with Crippen molar-refractivity contribution >= 4 is 5.91 Å². The van der Waals surface area contributed by atoms with Gasteiger partial charge in [-0.3, -0.25) is 9.69 Å². The van der Waals surface area contributed by atoms with Crippen molar-refractivity contribution in [2.75, 3.05) is 19.6 Å². The topological polar surface area (TPSA) is 72.4 Å². The minimum absolute atomic E-state index is 0.0451. The molecule has 0 saturated carbocycles. The van der Waals surface area contributed by atoms with Gasteiger partial charge >= 0.3 is 0 Å². The molecule has 0 spiro atoms. The molecule has 2 unspecified atom stereocenters. The van der Waals surface area contributed by atoms with Crippen LogP contribution in [0.15, 0.2) is 0 Å². The average Bonchev–Trinajstić information content (AvgIpc) is 2.31. The summed E-state index contributed by atoms with van der Waals surface area (Å²) in [5.41, 5.74) is 11.4. The molecule has 0 bridgehead atoms. The third-order valence-corrected chi connectivity index (χ3v) is 4.26. The fourth-order valence-electron chi connectivity index (χ4n) is 2.59. The van der Waals surface area contributed by atoms with Crippen molar-refractivity contribution in [2.45, 2.75) is 52.5 Å². The van der Waals surface area contributed by atoms with Gasteiger partial charge in [-0.05, 0) is 51.1 Å². The lowest BCUT2D eigenvalue weighted by Crippen LogP contribution is -2.46. The first-order chi connectivity index (χ1) is 8.35. The molecule has 4 N–H and O–H groups in total. The van der Waals surface area contributed by atoms with Gasteiger partial charge in [0.05, 0.1) is 5.92 Å². The highest BCUT2D eigenvalue weighted by molar-refractivity contribution is 5.76. The zero-order valence-corrected chi connectivity index (χ0v) is 12.1. The van der Waals surface area contributed by atoms with Gasteiger partial charge in [-0.1, -0.05) is 13.8 Å². The summed E-state index contributed by atoms with van der Waals surface area (Å²) in [6.07, 6.45) is 4.29. The zero-order valence-electron chi connectivity index (χ0n) is 12.1. The quantitative estimate of drug-likeness (QED) is 0.752. The Hall–Kier alpha value is -0.610. The Labute approximate surface area is 111 Å². The molecular formula is C14H29N3O. The van der Waals surface area contributed by atoms with E-state index in [1.54, 1.807) is 0 Å². The van der Waals surface area contributed by atoms with Gasteiger partial charge in [-0.2, -0.15) is 0 Å². The summed E-state index contributed by atoms with van der Waals surface area (Å²) in [5, 5.41) is 0. The van der Waals surface area contributed by atoms with Crippen molar-refractivity contribution in [1.82, 2.24) is 4.90 Å². The fraction of sp³-hybridized carbons (Fsp3) is 0.929. The number of amides is 1. The number of carbonyl (C=O) groups excluding carboxylic acids is 1. The monoisotopic (exact) mass is 255 g/mol. The second kappa shape index (κ2) is 6.53. The number of nitrogens with two attached hydrogens (primary N) is 2. The molecule has 0 aromatic rings. The number of rotatable bonds is 6. The minimum Gasteiger partial charge on any atom is -0.369 e. The lowest BCUT2D eigenvalue weighted by molar-refractivity contribution is -0.124. The van der Waals surface area contributed by atoms with E-state index in [0.717, 1.165) is 45.3 Å². The highest BCUT2D eigenvalue weighted by Gasteiger charge is 2.28. The summed E-state index contributed by atoms with van der Waals surface area (Å²) < 4.78 is 0. The van der Waals surface area contributed by atoms with Gasteiger partial charge in [0.15, 0.2) is 0 Å². The van der Waals surface area contributed by atoms with Crippen LogP contribution in [0.1, 0.15) is 46.5 Å². The Morgan fingerprint density at radius 1 is 1.39 bits per heavy atom. The number of hydrogen-bond acceptors (Lipinski definition) is 3. The molecule has 4 heteroatoms. The number of carbonyl (C=O) groups is 1. The maximum atomic E-state index is 11.3. The molecule has 1 saturated heterocycles. The van der Waals surface area contributed by atoms with Crippen LogP contribution >= 0.6 is 0 Å². The lowest BCUT2D eigenvalue weighted by atomic mass is 9.87. The van der Waals surface area contributed by atoms with Crippen LogP contribution in [0.3, 0.4) is 0 Å². The van der Waals surface area contributed by atoms with Crippen LogP contribution < -0.4 is 11.5 Å². The van der Waals surface area contributed by atoms with Crippen LogP contribution in [0.4, 0.5) is 0 Å². The van der Waals surface area contributed by atoms with Crippen LogP contribution in [-0.2, 0) is 4.79 Å². The molecule has 1 amide bonds. The number of primary amides is 1. The van der Waals surface area contributed by atoms with E-state index >= 15 is 0 Å². The van der Waals surface area contributed by atoms with Crippen molar-refractivity contribution in [3.8, 4) is 0 Å². The van der Waals surface area contributed by atoms with E-state index in [-0.39, 0.29) is 17.2 Å². The predicted octanol–water partition coefficient (Wildman–Crippen LogP) is 1.34. The summed E-state index contributed by atoms with van der Waals surface area (Å²) >= 11 is 0. The maximum Gasteiger partial charge on any atom is 0.221 e. The Balaban J connectivity index is 2.37. The first kappa shape index (κ1) is 15.4. The summed E-state index contributed by atoms with van der Waals surface area (Å²) in [6, 6.07) is 0.571. The normalized spacial score (nSPS) is 26.2. The van der Waals surface area contributed by atoms with E-state index in [4.69, 9.17) is 11.5 Å². The highest BCUT2D eigenvalue weighted by atomic mass is 16.1. The summed E-state index contributed by atoms with van der Waals surface area (Å²) in [4.78, 5) is 13.7. The molecule has 4 nitrogen and oxygen atoms in total. The molecule has 1 rings (SSSR count). The number of hydrogen-bond donors (Lipinski definition) is 2. The van der Waals surface area contributed by atoms with E-state index in [2.05, 4.69) is 25.7 Å². The Morgan fingerprint density at radius 3 is 2.61 bits per heavy atom. The third kappa shape index (κ3) is 4.58. The fourth-order valence-corrected chi connectivity index (χ4v) is 2.59. The largest absolute Gasteiger partial charge is 0.369 e. The second-order valence-corrected chi connectivity index (χ2v) is 6.49. The molecule has 1 heterocycles. The maximum absolute atomic E-state index is 11.3. The van der Waals surface area contributed by atoms with Crippen LogP contribution in [0.2, 0.25) is 0 Å². The van der Waals surface area contributed by atoms with Gasteiger partial charge < -0.3 is 11.5 Å². The van der Waals surface area contributed by atoms with Gasteiger partial charge in [0.25, 0.3) is 0 Å². The molecule has 2 atom stereocenters. The van der Waals surface area contributed by atoms with Gasteiger partial charge in [0.2, 0.25) is 5.91 Å². The molecule has 0 aliphatic carbocycles. The van der Waals surface area contributed by atoms with Crippen LogP contribution in [0.25, 0.3) is 0 Å². The Kier molecular flexibility index (Phi) is 5.60. The van der Waals surface area contributed by atoms with E-state index in [9.17, 15) is 4.79 Å². The number of piperidine rings is 1. The summed E-state index contributed by atoms with van der Waals surface area (Å²) in [7, 11) is 0. The van der Waals surface area contributed by atoms with Gasteiger partial charge in [0.1, 0.15) is 0 Å². The van der Waals surface area contributed by atoms with Crippen molar-refractivity contribution < 1.29 is 4.79 Å². The first-order valence-corrected chi connectivity index (χ1v) is 7.09. The molecular weight excluding hydrogens is 226 g/mol. The van der Waals surface area contributed by atoms with Crippen molar-refractivity contribution in [3.05, 3.63) is 0 Å². The molecule has 1 aliphatic heterocycles. The predicted molar refractivity (Wildman–Crippen MR) is 75.0 cm³/mol. The molecule has 1 fully saturated rings. The standard InChI is InChI=1S/C14H29N3O/c1-11-5-6-12(13(16)18)9-17(11)8-4-7-14(2,3)10-15/h11-12H,4-10,15H2,1-3H3,(H2,16,18). The molecule has 18 heavy (non-hydrogen) atoms. The highest BCUT2D eigenvalue weighted by Crippen LogP contribution is 2.24. The summed E-state index contributed by atoms with van der Waals surface area (Å²) in [5.74, 6) is -0.0992. The van der Waals surface area contributed by atoms with Gasteiger partial charge in [0, 0.05) is 12.6 Å². The van der Waals surface area contributed by atoms with Gasteiger partial charge in [-0.15, -0.1) is 0 Å². The van der Waals surface area contributed by atoms with E-state index in [1.165, 1.54) is 0 Å². The Morgan fingerprint density at radius 2 is 2.06 bits per heavy atom. The van der Waals surface area contributed by atoms with E-state index < -0.39 is 0 Å². The number of likely N-dealkylation sites (tertiary alicyclic amines) is 1. The molecule has 0 aromatic carbocycles. The second-order valence-electron chi connectivity index (χ2n) is 6.49. The van der Waals surface area contributed by atoms with E-state index in [0.29, 0.717) is 6.04 Å².